The van der Waals surface area contributed by atoms with E-state index >= 15 is 0 Å². The van der Waals surface area contributed by atoms with Crippen LogP contribution in [-0.2, 0) is 27.1 Å². The molecule has 0 saturated carbocycles. The summed E-state index contributed by atoms with van der Waals surface area (Å²) in [6.07, 6.45) is -0.265. The fourth-order valence-electron chi connectivity index (χ4n) is 2.12. The molecule has 30 heavy (non-hydrogen) atoms. The molecule has 17 nitrogen and oxygen atoms in total. The Morgan fingerprint density at radius 1 is 1.20 bits per heavy atom. The number of nitrogen functional groups attached to an aromatic ring is 1. The Balaban J connectivity index is 0.000000314. The lowest BCUT2D eigenvalue weighted by atomic mass is 10.2. The van der Waals surface area contributed by atoms with E-state index in [0.29, 0.717) is 5.56 Å². The maximum atomic E-state index is 11.6. The molecule has 1 saturated heterocycles. The lowest BCUT2D eigenvalue weighted by molar-refractivity contribution is -0.0459. The van der Waals surface area contributed by atoms with E-state index in [0.717, 1.165) is 0 Å². The summed E-state index contributed by atoms with van der Waals surface area (Å²) in [6, 6.07) is 0. The van der Waals surface area contributed by atoms with Crippen molar-refractivity contribution in [3.05, 3.63) is 22.2 Å². The van der Waals surface area contributed by atoms with Crippen molar-refractivity contribution in [2.45, 2.75) is 31.8 Å². The number of aromatic nitrogens is 2. The van der Waals surface area contributed by atoms with E-state index in [1.165, 1.54) is 4.57 Å². The van der Waals surface area contributed by atoms with Crippen LogP contribution in [0.3, 0.4) is 0 Å². The third-order valence-electron chi connectivity index (χ3n) is 3.29. The van der Waals surface area contributed by atoms with Gasteiger partial charge in [-0.3, -0.25) is 4.57 Å². The molecule has 174 valence electrons. The Kier molecular flexibility index (Phi) is 9.06. The number of hydrogen-bond acceptors (Lipinski definition) is 11. The normalized spacial score (nSPS) is 22.5. The smallest absolute Gasteiger partial charge is 0.394 e. The number of hydrogen-bond donors (Lipinski definition) is 8. The van der Waals surface area contributed by atoms with Gasteiger partial charge in [0.15, 0.2) is 0 Å². The van der Waals surface area contributed by atoms with Gasteiger partial charge < -0.3 is 45.2 Å². The molecule has 0 aromatic carbocycles. The number of ether oxygens (including phenoxy) is 1. The van der Waals surface area contributed by atoms with Gasteiger partial charge in [-0.15, -0.1) is 0 Å². The van der Waals surface area contributed by atoms with Gasteiger partial charge in [-0.25, -0.2) is 18.5 Å². The first-order valence-electron chi connectivity index (χ1n) is 7.60. The highest BCUT2D eigenvalue weighted by molar-refractivity contribution is 7.66. The Morgan fingerprint density at radius 2 is 1.70 bits per heavy atom. The van der Waals surface area contributed by atoms with Gasteiger partial charge in [-0.05, 0) is 6.92 Å². The SMILES string of the molecule is Cc1cn([C@H]2C[C@H](O)[C@@H](CO)O2)c(=O)nc1N.O=P(O)(O)OP(=O)(O)OP(=O)(O)O. The van der Waals surface area contributed by atoms with Crippen LogP contribution in [0.2, 0.25) is 0 Å². The average molecular weight is 499 g/mol. The van der Waals surface area contributed by atoms with Gasteiger partial charge in [0.2, 0.25) is 0 Å². The van der Waals surface area contributed by atoms with Gasteiger partial charge in [0.1, 0.15) is 18.1 Å². The first-order chi connectivity index (χ1) is 13.4. The topological polar surface area (TPSA) is 281 Å². The molecule has 1 aromatic heterocycles. The molecular formula is C10H20N3O14P3. The molecule has 0 amide bonds. The molecule has 0 unspecified atom stereocenters. The highest BCUT2D eigenvalue weighted by atomic mass is 31.3. The molecule has 0 spiro atoms. The van der Waals surface area contributed by atoms with Crippen molar-refractivity contribution >= 4 is 29.3 Å². The minimum atomic E-state index is -5.46. The number of rotatable bonds is 6. The zero-order chi connectivity index (χ0) is 23.5. The van der Waals surface area contributed by atoms with Crippen molar-refractivity contribution in [1.82, 2.24) is 9.55 Å². The van der Waals surface area contributed by atoms with Crippen LogP contribution in [0.5, 0.6) is 0 Å². The van der Waals surface area contributed by atoms with Crippen molar-refractivity contribution in [3.8, 4) is 0 Å². The molecule has 1 aliphatic rings. The van der Waals surface area contributed by atoms with Gasteiger partial charge in [0.25, 0.3) is 0 Å². The standard InChI is InChI=1S/C10H15N3O4.H5O10P3/c1-5-3-13(10(16)12-9(5)11)8-2-6(15)7(4-14)17-8;1-11(2,3)9-13(7,8)10-12(4,5)6/h3,6-8,14-15H,2,4H2,1H3,(H2,11,12,16);(H,7,8)(H2,1,2,3)(H2,4,5,6)/t6-,7+,8+;/m0./s1. The van der Waals surface area contributed by atoms with Gasteiger partial charge in [0, 0.05) is 18.2 Å². The molecule has 1 aliphatic heterocycles. The van der Waals surface area contributed by atoms with E-state index in [1.54, 1.807) is 13.1 Å². The molecule has 3 atom stereocenters. The summed E-state index contributed by atoms with van der Waals surface area (Å²) in [6.45, 7) is 1.45. The van der Waals surface area contributed by atoms with E-state index in [1.807, 2.05) is 0 Å². The molecule has 2 rings (SSSR count). The Bertz CT molecular complexity index is 912. The first kappa shape index (κ1) is 27.0. The summed E-state index contributed by atoms with van der Waals surface area (Å²) in [5.41, 5.74) is 5.65. The maximum absolute atomic E-state index is 11.6. The minimum absolute atomic E-state index is 0.184. The lowest BCUT2D eigenvalue weighted by Crippen LogP contribution is -2.28. The van der Waals surface area contributed by atoms with Gasteiger partial charge in [-0.2, -0.15) is 13.6 Å². The number of nitrogens with two attached hydrogens (primary N) is 1. The van der Waals surface area contributed by atoms with Gasteiger partial charge in [0.05, 0.1) is 12.7 Å². The van der Waals surface area contributed by atoms with Crippen LogP contribution in [0.25, 0.3) is 0 Å². The summed E-state index contributed by atoms with van der Waals surface area (Å²) in [4.78, 5) is 55.5. The average Bonchev–Trinajstić information content (AvgIpc) is 2.87. The van der Waals surface area contributed by atoms with Crippen molar-refractivity contribution in [2.24, 2.45) is 0 Å². The number of nitrogens with zero attached hydrogens (tertiary/aromatic N) is 2. The molecular weight excluding hydrogens is 479 g/mol. The quantitative estimate of drug-likeness (QED) is 0.198. The second kappa shape index (κ2) is 10.1. The molecule has 0 bridgehead atoms. The number of phosphoric acid groups is 3. The van der Waals surface area contributed by atoms with Crippen LogP contribution < -0.4 is 11.4 Å². The van der Waals surface area contributed by atoms with Crippen LogP contribution in [-0.4, -0.2) is 63.0 Å². The Labute approximate surface area is 167 Å². The minimum Gasteiger partial charge on any atom is -0.394 e. The largest absolute Gasteiger partial charge is 0.490 e. The summed E-state index contributed by atoms with van der Waals surface area (Å²) in [5, 5.41) is 18.6. The Morgan fingerprint density at radius 3 is 2.10 bits per heavy atom. The molecule has 2 heterocycles. The zero-order valence-corrected chi connectivity index (χ0v) is 17.7. The van der Waals surface area contributed by atoms with E-state index in [4.69, 9.17) is 40.0 Å². The third kappa shape index (κ3) is 8.99. The lowest BCUT2D eigenvalue weighted by Gasteiger charge is -2.15. The van der Waals surface area contributed by atoms with Crippen LogP contribution >= 0.6 is 23.5 Å². The molecule has 1 aromatic rings. The van der Waals surface area contributed by atoms with E-state index < -0.39 is 47.6 Å². The molecule has 9 N–H and O–H groups in total. The number of aliphatic hydroxyl groups is 2. The zero-order valence-electron chi connectivity index (χ0n) is 15.0. The highest BCUT2D eigenvalue weighted by Crippen LogP contribution is 2.64. The number of anilines is 1. The van der Waals surface area contributed by atoms with Crippen molar-refractivity contribution in [1.29, 1.82) is 0 Å². The summed E-state index contributed by atoms with van der Waals surface area (Å²) >= 11 is 0. The van der Waals surface area contributed by atoms with Crippen LogP contribution in [0.1, 0.15) is 18.2 Å². The van der Waals surface area contributed by atoms with Crippen LogP contribution in [0.15, 0.2) is 11.0 Å². The molecule has 20 heteroatoms. The number of aliphatic hydroxyl groups excluding tert-OH is 2. The fraction of sp³-hybridized carbons (Fsp3) is 0.600. The van der Waals surface area contributed by atoms with Crippen LogP contribution in [0.4, 0.5) is 5.82 Å². The molecule has 0 radical (unpaired) electrons. The van der Waals surface area contributed by atoms with Gasteiger partial charge >= 0.3 is 29.2 Å². The predicted octanol–water partition coefficient (Wildman–Crippen LogP) is -1.92. The fourth-order valence-corrected chi connectivity index (χ4v) is 4.66. The molecule has 0 aliphatic carbocycles. The monoisotopic (exact) mass is 499 g/mol. The van der Waals surface area contributed by atoms with E-state index in [-0.39, 0.29) is 18.8 Å². The van der Waals surface area contributed by atoms with E-state index in [9.17, 15) is 23.6 Å². The third-order valence-corrected chi connectivity index (χ3v) is 6.64. The first-order valence-corrected chi connectivity index (χ1v) is 12.2. The van der Waals surface area contributed by atoms with Crippen molar-refractivity contribution < 1.29 is 61.7 Å². The number of aryl methyl sites for hydroxylation is 1. The van der Waals surface area contributed by atoms with Gasteiger partial charge in [-0.1, -0.05) is 0 Å². The summed E-state index contributed by atoms with van der Waals surface area (Å²) in [7, 11) is -16.2. The highest BCUT2D eigenvalue weighted by Gasteiger charge is 2.38. The van der Waals surface area contributed by atoms with Crippen molar-refractivity contribution in [2.75, 3.05) is 12.3 Å². The van der Waals surface area contributed by atoms with E-state index in [2.05, 4.69) is 13.6 Å². The summed E-state index contributed by atoms with van der Waals surface area (Å²) in [5.74, 6) is 0.184. The second-order valence-corrected chi connectivity index (χ2v) is 9.93. The Hall–Kier alpha value is -1.03. The van der Waals surface area contributed by atoms with Crippen molar-refractivity contribution in [3.63, 3.8) is 0 Å². The van der Waals surface area contributed by atoms with Crippen LogP contribution in [0, 0.1) is 6.92 Å². The predicted molar refractivity (Wildman–Crippen MR) is 95.3 cm³/mol. The second-order valence-electron chi connectivity index (χ2n) is 5.73. The molecule has 1 fully saturated rings. The maximum Gasteiger partial charge on any atom is 0.490 e. The summed E-state index contributed by atoms with van der Waals surface area (Å²) < 4.78 is 43.0.